The average Bonchev–Trinajstić information content (AvgIpc) is 3.11. The highest BCUT2D eigenvalue weighted by Crippen LogP contribution is 2.53. The zero-order valence-corrected chi connectivity index (χ0v) is 9.72. The molecule has 3 nitrogen and oxygen atoms in total. The molecule has 86 valence electrons. The van der Waals surface area contributed by atoms with Crippen molar-refractivity contribution in [3.8, 4) is 11.5 Å². The third-order valence-corrected chi connectivity index (χ3v) is 3.84. The van der Waals surface area contributed by atoms with Crippen molar-refractivity contribution < 1.29 is 9.47 Å². The van der Waals surface area contributed by atoms with Crippen LogP contribution < -0.4 is 15.2 Å². The minimum atomic E-state index is 0.0902. The van der Waals surface area contributed by atoms with E-state index in [0.29, 0.717) is 30.5 Å². The van der Waals surface area contributed by atoms with E-state index in [2.05, 4.69) is 0 Å². The molecule has 3 rings (SSSR count). The summed E-state index contributed by atoms with van der Waals surface area (Å²) in [4.78, 5) is 0. The zero-order valence-electron chi connectivity index (χ0n) is 8.96. The molecule has 0 bridgehead atoms. The molecular weight excluding hydrogens is 226 g/mol. The maximum absolute atomic E-state index is 6.37. The van der Waals surface area contributed by atoms with Gasteiger partial charge >= 0.3 is 0 Å². The van der Waals surface area contributed by atoms with Crippen LogP contribution in [-0.2, 0) is 5.41 Å². The van der Waals surface area contributed by atoms with Crippen LogP contribution in [0.2, 0.25) is 5.02 Å². The lowest BCUT2D eigenvalue weighted by Gasteiger charge is -2.23. The Hall–Kier alpha value is -0.930. The van der Waals surface area contributed by atoms with Crippen LogP contribution in [0, 0.1) is 0 Å². The van der Waals surface area contributed by atoms with Gasteiger partial charge in [0.15, 0.2) is 11.5 Å². The Balaban J connectivity index is 2.07. The summed E-state index contributed by atoms with van der Waals surface area (Å²) >= 11 is 6.37. The number of hydrogen-bond donors (Lipinski definition) is 1. The van der Waals surface area contributed by atoms with Gasteiger partial charge in [-0.3, -0.25) is 0 Å². The number of benzene rings is 1. The zero-order chi connectivity index (χ0) is 11.2. The highest BCUT2D eigenvalue weighted by atomic mass is 35.5. The molecule has 0 saturated heterocycles. The van der Waals surface area contributed by atoms with E-state index < -0.39 is 0 Å². The van der Waals surface area contributed by atoms with Crippen LogP contribution in [0.15, 0.2) is 12.1 Å². The maximum atomic E-state index is 6.37. The van der Waals surface area contributed by atoms with Crippen molar-refractivity contribution in [1.82, 2.24) is 0 Å². The van der Waals surface area contributed by atoms with Gasteiger partial charge in [0.1, 0.15) is 13.2 Å². The fraction of sp³-hybridized carbons (Fsp3) is 0.500. The van der Waals surface area contributed by atoms with E-state index in [4.69, 9.17) is 26.8 Å². The van der Waals surface area contributed by atoms with Gasteiger partial charge in [-0.25, -0.2) is 0 Å². The summed E-state index contributed by atoms with van der Waals surface area (Å²) in [5, 5.41) is 0.681. The van der Waals surface area contributed by atoms with Gasteiger partial charge < -0.3 is 15.2 Å². The standard InChI is InChI=1S/C12H14ClNO2/c13-10-8(12(7-14)3-4-12)1-2-9-11(10)16-6-5-15-9/h1-2H,3-7,14H2. The number of fused-ring (bicyclic) bond motifs is 1. The van der Waals surface area contributed by atoms with Crippen molar-refractivity contribution in [3.05, 3.63) is 22.7 Å². The van der Waals surface area contributed by atoms with Crippen LogP contribution in [0.3, 0.4) is 0 Å². The molecule has 1 aliphatic carbocycles. The fourth-order valence-electron chi connectivity index (χ4n) is 2.23. The van der Waals surface area contributed by atoms with Gasteiger partial charge in [0, 0.05) is 12.0 Å². The molecule has 0 atom stereocenters. The van der Waals surface area contributed by atoms with E-state index in [1.807, 2.05) is 12.1 Å². The van der Waals surface area contributed by atoms with Crippen molar-refractivity contribution in [3.63, 3.8) is 0 Å². The lowest BCUT2D eigenvalue weighted by Crippen LogP contribution is -2.22. The van der Waals surface area contributed by atoms with Crippen LogP contribution in [0.25, 0.3) is 0 Å². The van der Waals surface area contributed by atoms with Crippen molar-refractivity contribution in [2.24, 2.45) is 5.73 Å². The SMILES string of the molecule is NCC1(c2ccc3c(c2Cl)OCCO3)CC1. The molecule has 16 heavy (non-hydrogen) atoms. The summed E-state index contributed by atoms with van der Waals surface area (Å²) in [5.74, 6) is 1.43. The third kappa shape index (κ3) is 1.39. The molecule has 0 unspecified atom stereocenters. The number of ether oxygens (including phenoxy) is 2. The van der Waals surface area contributed by atoms with E-state index in [1.165, 1.54) is 0 Å². The first kappa shape index (κ1) is 10.2. The number of rotatable bonds is 2. The molecule has 0 amide bonds. The summed E-state index contributed by atoms with van der Waals surface area (Å²) in [6.07, 6.45) is 2.23. The molecule has 1 aromatic carbocycles. The summed E-state index contributed by atoms with van der Waals surface area (Å²) in [7, 11) is 0. The van der Waals surface area contributed by atoms with E-state index >= 15 is 0 Å². The third-order valence-electron chi connectivity index (χ3n) is 3.46. The van der Waals surface area contributed by atoms with Crippen molar-refractivity contribution in [2.75, 3.05) is 19.8 Å². The Morgan fingerprint density at radius 1 is 1.25 bits per heavy atom. The topological polar surface area (TPSA) is 44.5 Å². The molecule has 1 fully saturated rings. The van der Waals surface area contributed by atoms with Gasteiger partial charge in [0.2, 0.25) is 0 Å². The Morgan fingerprint density at radius 2 is 2.00 bits per heavy atom. The Labute approximate surface area is 99.5 Å². The number of hydrogen-bond acceptors (Lipinski definition) is 3. The molecule has 4 heteroatoms. The first-order valence-electron chi connectivity index (χ1n) is 5.55. The van der Waals surface area contributed by atoms with Crippen LogP contribution in [0.4, 0.5) is 0 Å². The lowest BCUT2D eigenvalue weighted by atomic mass is 9.95. The highest BCUT2D eigenvalue weighted by molar-refractivity contribution is 6.33. The molecule has 2 aliphatic rings. The highest BCUT2D eigenvalue weighted by Gasteiger charge is 2.45. The first-order chi connectivity index (χ1) is 7.77. The van der Waals surface area contributed by atoms with Gasteiger partial charge in [0.05, 0.1) is 5.02 Å². The normalized spacial score (nSPS) is 20.6. The molecule has 1 aliphatic heterocycles. The summed E-state index contributed by atoms with van der Waals surface area (Å²) < 4.78 is 11.0. The summed E-state index contributed by atoms with van der Waals surface area (Å²) in [6.45, 7) is 1.79. The van der Waals surface area contributed by atoms with Gasteiger partial charge in [-0.15, -0.1) is 0 Å². The second-order valence-corrected chi connectivity index (χ2v) is 4.81. The molecule has 2 N–H and O–H groups in total. The Bertz CT molecular complexity index is 429. The fourth-order valence-corrected chi connectivity index (χ4v) is 2.64. The lowest BCUT2D eigenvalue weighted by molar-refractivity contribution is 0.171. The largest absolute Gasteiger partial charge is 0.486 e. The van der Waals surface area contributed by atoms with Gasteiger partial charge in [-0.1, -0.05) is 17.7 Å². The first-order valence-corrected chi connectivity index (χ1v) is 5.93. The Morgan fingerprint density at radius 3 is 2.69 bits per heavy atom. The minimum Gasteiger partial charge on any atom is -0.486 e. The van der Waals surface area contributed by atoms with E-state index in [0.717, 1.165) is 24.2 Å². The van der Waals surface area contributed by atoms with Crippen molar-refractivity contribution in [1.29, 1.82) is 0 Å². The number of nitrogens with two attached hydrogens (primary N) is 1. The van der Waals surface area contributed by atoms with E-state index in [9.17, 15) is 0 Å². The molecular formula is C12H14ClNO2. The molecule has 1 heterocycles. The number of halogens is 1. The molecule has 0 radical (unpaired) electrons. The van der Waals surface area contributed by atoms with Crippen LogP contribution in [0.1, 0.15) is 18.4 Å². The van der Waals surface area contributed by atoms with E-state index in [-0.39, 0.29) is 5.41 Å². The van der Waals surface area contributed by atoms with Crippen molar-refractivity contribution >= 4 is 11.6 Å². The summed E-state index contributed by atoms with van der Waals surface area (Å²) in [5.41, 5.74) is 7.02. The predicted molar refractivity (Wildman–Crippen MR) is 62.4 cm³/mol. The van der Waals surface area contributed by atoms with Crippen LogP contribution in [-0.4, -0.2) is 19.8 Å². The predicted octanol–water partition coefficient (Wildman–Crippen LogP) is 2.10. The van der Waals surface area contributed by atoms with Gasteiger partial charge in [-0.2, -0.15) is 0 Å². The van der Waals surface area contributed by atoms with Crippen LogP contribution >= 0.6 is 11.6 Å². The average molecular weight is 240 g/mol. The molecule has 1 saturated carbocycles. The monoisotopic (exact) mass is 239 g/mol. The quantitative estimate of drug-likeness (QED) is 0.860. The van der Waals surface area contributed by atoms with E-state index in [1.54, 1.807) is 0 Å². The smallest absolute Gasteiger partial charge is 0.180 e. The summed E-state index contributed by atoms with van der Waals surface area (Å²) in [6, 6.07) is 3.96. The minimum absolute atomic E-state index is 0.0902. The Kier molecular flexibility index (Phi) is 2.26. The van der Waals surface area contributed by atoms with Crippen LogP contribution in [0.5, 0.6) is 11.5 Å². The van der Waals surface area contributed by atoms with Crippen molar-refractivity contribution in [2.45, 2.75) is 18.3 Å². The maximum Gasteiger partial charge on any atom is 0.180 e. The molecule has 0 aromatic heterocycles. The van der Waals surface area contributed by atoms with Gasteiger partial charge in [-0.05, 0) is 24.5 Å². The second kappa shape index (κ2) is 3.54. The van der Waals surface area contributed by atoms with Gasteiger partial charge in [0.25, 0.3) is 0 Å². The molecule has 1 aromatic rings. The molecule has 0 spiro atoms. The second-order valence-electron chi connectivity index (χ2n) is 4.44.